The molecule has 0 saturated carbocycles. The van der Waals surface area contributed by atoms with E-state index in [9.17, 15) is 17.8 Å². The maximum absolute atomic E-state index is 13.7. The summed E-state index contributed by atoms with van der Waals surface area (Å²) in [6, 6.07) is 24.7. The van der Waals surface area contributed by atoms with E-state index in [1.165, 1.54) is 28.0 Å². The Kier molecular flexibility index (Phi) is 10.6. The van der Waals surface area contributed by atoms with Crippen LogP contribution in [0.5, 0.6) is 5.75 Å². The van der Waals surface area contributed by atoms with Crippen LogP contribution in [0, 0.1) is 6.92 Å². The lowest BCUT2D eigenvalue weighted by molar-refractivity contribution is -0.679. The molecule has 1 aliphatic heterocycles. The third-order valence-electron chi connectivity index (χ3n) is 8.13. The van der Waals surface area contributed by atoms with Gasteiger partial charge in [-0.2, -0.15) is 4.57 Å². The van der Waals surface area contributed by atoms with Gasteiger partial charge in [-0.15, -0.1) is 11.3 Å². The minimum atomic E-state index is -4.44. The summed E-state index contributed by atoms with van der Waals surface area (Å²) in [7, 11) is -4.44. The van der Waals surface area contributed by atoms with Crippen LogP contribution < -0.4 is 29.0 Å². The molecule has 0 N–H and O–H groups in total. The molecule has 0 radical (unpaired) electrons. The number of benzene rings is 3. The van der Waals surface area contributed by atoms with Crippen molar-refractivity contribution in [3.8, 4) is 27.4 Å². The number of thioether (sulfide) groups is 1. The number of allylic oxidation sites excluding steroid dienone is 1. The molecule has 0 atom stereocenters. The van der Waals surface area contributed by atoms with E-state index in [1.54, 1.807) is 22.0 Å². The highest BCUT2D eigenvalue weighted by molar-refractivity contribution is 8.03. The van der Waals surface area contributed by atoms with Gasteiger partial charge in [0.15, 0.2) is 0 Å². The molecule has 1 aliphatic rings. The fraction of sp³-hybridized carbons (Fsp3) is 0.243. The van der Waals surface area contributed by atoms with Gasteiger partial charge in [0.1, 0.15) is 21.8 Å². The molecular weight excluding hydrogens is 695 g/mol. The first-order valence-electron chi connectivity index (χ1n) is 16.1. The summed E-state index contributed by atoms with van der Waals surface area (Å²) in [5.41, 5.74) is 5.06. The summed E-state index contributed by atoms with van der Waals surface area (Å²) in [4.78, 5) is 17.7. The summed E-state index contributed by atoms with van der Waals surface area (Å²) in [6.07, 6.45) is 5.75. The SMILES string of the molecule is CCOc1cc2c(cc1C)SC(=CC=c1sc(=Cc3sc(-c4ccccc4)c(-c4ccccc4)[n+]3CC)n(CC)c1=O)N2CCS(=O)(=O)[O-]. The molecule has 0 bridgehead atoms. The summed E-state index contributed by atoms with van der Waals surface area (Å²) >= 11 is 4.61. The topological polar surface area (TPSA) is 95.6 Å². The van der Waals surface area contributed by atoms with Gasteiger partial charge >= 0.3 is 0 Å². The second-order valence-corrected chi connectivity index (χ2v) is 16.0. The van der Waals surface area contributed by atoms with E-state index < -0.39 is 15.9 Å². The van der Waals surface area contributed by atoms with Gasteiger partial charge in [-0.25, -0.2) is 8.42 Å². The summed E-state index contributed by atoms with van der Waals surface area (Å²) in [6.45, 7) is 9.72. The van der Waals surface area contributed by atoms with Crippen molar-refractivity contribution in [2.75, 3.05) is 23.8 Å². The third kappa shape index (κ3) is 7.48. The highest BCUT2D eigenvalue weighted by Gasteiger charge is 2.28. The number of anilines is 1. The molecular formula is C37H37N3O5S4. The Hall–Kier alpha value is -3.94. The lowest BCUT2D eigenvalue weighted by Gasteiger charge is -2.22. The van der Waals surface area contributed by atoms with Crippen LogP contribution in [0.15, 0.2) is 93.6 Å². The van der Waals surface area contributed by atoms with Crippen molar-refractivity contribution in [3.05, 3.63) is 114 Å². The van der Waals surface area contributed by atoms with E-state index in [-0.39, 0.29) is 12.1 Å². The third-order valence-corrected chi connectivity index (χ3v) is 12.2. The van der Waals surface area contributed by atoms with Crippen LogP contribution in [0.25, 0.3) is 33.9 Å². The molecule has 0 unspecified atom stereocenters. The van der Waals surface area contributed by atoms with Crippen LogP contribution in [0.3, 0.4) is 0 Å². The van der Waals surface area contributed by atoms with Gasteiger partial charge in [0.2, 0.25) is 5.69 Å². The second-order valence-electron chi connectivity index (χ2n) is 11.3. The van der Waals surface area contributed by atoms with Crippen molar-refractivity contribution in [2.24, 2.45) is 0 Å². The normalized spacial score (nSPS) is 14.6. The number of aryl methyl sites for hydroxylation is 1. The molecule has 0 aliphatic carbocycles. The zero-order valence-electron chi connectivity index (χ0n) is 27.7. The van der Waals surface area contributed by atoms with E-state index in [4.69, 9.17) is 4.74 Å². The predicted molar refractivity (Wildman–Crippen MR) is 201 cm³/mol. The maximum Gasteiger partial charge on any atom is 0.269 e. The van der Waals surface area contributed by atoms with Gasteiger partial charge in [0.05, 0.1) is 43.8 Å². The minimum Gasteiger partial charge on any atom is -0.748 e. The van der Waals surface area contributed by atoms with Crippen molar-refractivity contribution < 1.29 is 22.3 Å². The van der Waals surface area contributed by atoms with Gasteiger partial charge in [-0.3, -0.25) is 9.36 Å². The van der Waals surface area contributed by atoms with Crippen LogP contribution >= 0.6 is 34.4 Å². The first-order chi connectivity index (χ1) is 23.6. The quantitative estimate of drug-likeness (QED) is 0.123. The van der Waals surface area contributed by atoms with Gasteiger partial charge in [-0.05, 0) is 69.2 Å². The number of hydrogen-bond donors (Lipinski definition) is 0. The first kappa shape index (κ1) is 34.9. The Morgan fingerprint density at radius 3 is 2.27 bits per heavy atom. The smallest absolute Gasteiger partial charge is 0.269 e. The number of nitrogens with zero attached hydrogens (tertiary/aromatic N) is 3. The molecule has 8 nitrogen and oxygen atoms in total. The molecule has 2 aromatic heterocycles. The van der Waals surface area contributed by atoms with Gasteiger partial charge < -0.3 is 14.2 Å². The largest absolute Gasteiger partial charge is 0.748 e. The summed E-state index contributed by atoms with van der Waals surface area (Å²) < 4.78 is 46.2. The van der Waals surface area contributed by atoms with Crippen molar-refractivity contribution >= 4 is 62.4 Å². The monoisotopic (exact) mass is 731 g/mol. The van der Waals surface area contributed by atoms with Gasteiger partial charge in [-0.1, -0.05) is 71.6 Å². The fourth-order valence-electron chi connectivity index (χ4n) is 5.84. The zero-order chi connectivity index (χ0) is 34.7. The zero-order valence-corrected chi connectivity index (χ0v) is 31.0. The highest BCUT2D eigenvalue weighted by Crippen LogP contribution is 2.48. The second kappa shape index (κ2) is 14.9. The van der Waals surface area contributed by atoms with Crippen molar-refractivity contribution in [2.45, 2.75) is 45.7 Å². The van der Waals surface area contributed by atoms with Gasteiger partial charge in [0.25, 0.3) is 10.6 Å². The number of aromatic nitrogens is 2. The van der Waals surface area contributed by atoms with E-state index >= 15 is 0 Å². The number of hydrogen-bond acceptors (Lipinski definition) is 9. The van der Waals surface area contributed by atoms with Crippen molar-refractivity contribution in [1.82, 2.24) is 4.57 Å². The Bertz CT molecular complexity index is 2310. The Morgan fingerprint density at radius 1 is 0.939 bits per heavy atom. The summed E-state index contributed by atoms with van der Waals surface area (Å²) in [5, 5.41) is 1.77. The minimum absolute atomic E-state index is 0.00825. The average Bonchev–Trinajstić information content (AvgIpc) is 3.73. The lowest BCUT2D eigenvalue weighted by Crippen LogP contribution is -2.36. The molecule has 0 fully saturated rings. The van der Waals surface area contributed by atoms with Crippen LogP contribution in [-0.4, -0.2) is 36.4 Å². The van der Waals surface area contributed by atoms with E-state index in [2.05, 4.69) is 66.1 Å². The highest BCUT2D eigenvalue weighted by atomic mass is 32.2. The van der Waals surface area contributed by atoms with Crippen molar-refractivity contribution in [1.29, 1.82) is 0 Å². The van der Waals surface area contributed by atoms with E-state index in [1.807, 2.05) is 56.0 Å². The Balaban J connectivity index is 1.46. The molecule has 6 rings (SSSR count). The number of ether oxygens (including phenoxy) is 1. The molecule has 12 heteroatoms. The predicted octanol–water partition coefficient (Wildman–Crippen LogP) is 5.95. The number of rotatable bonds is 11. The average molecular weight is 732 g/mol. The Morgan fingerprint density at radius 2 is 1.63 bits per heavy atom. The first-order valence-corrected chi connectivity index (χ1v) is 20.1. The van der Waals surface area contributed by atoms with Crippen molar-refractivity contribution in [3.63, 3.8) is 0 Å². The van der Waals surface area contributed by atoms with Crippen LogP contribution in [0.2, 0.25) is 0 Å². The molecule has 0 amide bonds. The lowest BCUT2D eigenvalue weighted by atomic mass is 10.1. The van der Waals surface area contributed by atoms with Crippen LogP contribution in [0.1, 0.15) is 31.3 Å². The van der Waals surface area contributed by atoms with Gasteiger partial charge in [0, 0.05) is 29.6 Å². The molecule has 0 spiro atoms. The van der Waals surface area contributed by atoms with Crippen LogP contribution in [0.4, 0.5) is 5.69 Å². The van der Waals surface area contributed by atoms with E-state index in [0.717, 1.165) is 54.2 Å². The fourth-order valence-corrected chi connectivity index (χ4v) is 9.83. The molecule has 3 heterocycles. The van der Waals surface area contributed by atoms with E-state index in [0.29, 0.717) is 23.4 Å². The molecule has 49 heavy (non-hydrogen) atoms. The summed E-state index contributed by atoms with van der Waals surface area (Å²) in [5.74, 6) is 0.159. The van der Waals surface area contributed by atoms with Crippen LogP contribution in [-0.2, 0) is 23.2 Å². The molecule has 3 aromatic carbocycles. The molecule has 0 saturated heterocycles. The standard InChI is InChI=1S/C37H37N3O5S4/c1-5-38-33(48-36(27-16-12-9-13-17-27)35(38)26-14-10-8-11-15-26)24-34-39(6-2)37(41)30(46-34)18-19-32-40(20-21-49(42,43)44)28-23-29(45-7-3)25(4)22-31(28)47-32/h8-19,22-24H,5-7,20-21H2,1-4H3. The Labute approximate surface area is 298 Å². The molecule has 254 valence electrons. The maximum atomic E-state index is 13.7. The number of thiazole rings is 2. The molecule has 5 aromatic rings. The number of fused-ring (bicyclic) bond motifs is 1.